The Morgan fingerprint density at radius 1 is 1.16 bits per heavy atom. The van der Waals surface area contributed by atoms with Gasteiger partial charge in [-0.05, 0) is 34.5 Å². The molecule has 2 aromatic carbocycles. The molecule has 0 amide bonds. The monoisotopic (exact) mass is 516 g/mol. The second kappa shape index (κ2) is 12.0. The Bertz CT molecular complexity index is 1170. The van der Waals surface area contributed by atoms with Gasteiger partial charge in [0.15, 0.2) is 0 Å². The maximum Gasteiger partial charge on any atom is 0.102 e. The Balaban J connectivity index is 0.000000672. The van der Waals surface area contributed by atoms with E-state index in [0.29, 0.717) is 23.2 Å². The lowest BCUT2D eigenvalue weighted by Gasteiger charge is -2.20. The summed E-state index contributed by atoms with van der Waals surface area (Å²) in [4.78, 5) is 12.4. The van der Waals surface area contributed by atoms with Gasteiger partial charge in [0.25, 0.3) is 0 Å². The first-order chi connectivity index (χ1) is 14.8. The van der Waals surface area contributed by atoms with Gasteiger partial charge in [-0.3, -0.25) is 0 Å². The number of nitrogens with zero attached hydrogens (tertiary/aromatic N) is 3. The van der Waals surface area contributed by atoms with Crippen LogP contribution in [0.4, 0.5) is 0 Å². The van der Waals surface area contributed by atoms with E-state index in [1.807, 2.05) is 35.0 Å². The number of thiophene rings is 1. The van der Waals surface area contributed by atoms with Gasteiger partial charge in [0.2, 0.25) is 0 Å². The number of rotatable bonds is 6. The number of benzene rings is 2. The van der Waals surface area contributed by atoms with Gasteiger partial charge >= 0.3 is 0 Å². The van der Waals surface area contributed by atoms with Crippen molar-refractivity contribution in [2.45, 2.75) is 19.3 Å². The highest BCUT2D eigenvalue weighted by Gasteiger charge is 2.18. The highest BCUT2D eigenvalue weighted by molar-refractivity contribution is 7.18. The molecule has 170 valence electrons. The molecule has 0 aliphatic heterocycles. The molecule has 2 N–H and O–H groups in total. The standard InChI is InChI=1S/C20H15Cl3N2OS.NO3.H2O/c21-14-4-5-16(18(23)8-14)19(9-25-7-6-24-12-25)26-10-13-11-27-20-15(13)2-1-3-17(20)22;2-1(3)4;/h1-8,11-12,19H,9-10H2;;1H2/q;-1;/t19-;;/m0../s1. The third-order valence-electron chi connectivity index (χ3n) is 4.32. The molecular weight excluding hydrogens is 501 g/mol. The summed E-state index contributed by atoms with van der Waals surface area (Å²) in [6.07, 6.45) is 5.17. The molecule has 2 heterocycles. The number of ether oxygens (including phenoxy) is 1. The molecular formula is C20H17Cl3N3O5S-. The lowest BCUT2D eigenvalue weighted by Crippen LogP contribution is -2.12. The van der Waals surface area contributed by atoms with Gasteiger partial charge in [0.05, 0.1) is 34.3 Å². The minimum absolute atomic E-state index is 0. The predicted octanol–water partition coefficient (Wildman–Crippen LogP) is 5.95. The van der Waals surface area contributed by atoms with Crippen molar-refractivity contribution in [2.24, 2.45) is 0 Å². The zero-order chi connectivity index (χ0) is 22.4. The van der Waals surface area contributed by atoms with E-state index in [0.717, 1.165) is 26.2 Å². The van der Waals surface area contributed by atoms with Gasteiger partial charge < -0.3 is 30.1 Å². The van der Waals surface area contributed by atoms with E-state index in [9.17, 15) is 0 Å². The van der Waals surface area contributed by atoms with Gasteiger partial charge in [-0.2, -0.15) is 0 Å². The van der Waals surface area contributed by atoms with Crippen LogP contribution in [0.3, 0.4) is 0 Å². The quantitative estimate of drug-likeness (QED) is 0.231. The van der Waals surface area contributed by atoms with Crippen LogP contribution < -0.4 is 0 Å². The van der Waals surface area contributed by atoms with Gasteiger partial charge in [0, 0.05) is 28.0 Å². The third kappa shape index (κ3) is 6.80. The zero-order valence-corrected chi connectivity index (χ0v) is 19.4. The van der Waals surface area contributed by atoms with Gasteiger partial charge in [-0.25, -0.2) is 4.98 Å². The summed E-state index contributed by atoms with van der Waals surface area (Å²) in [6, 6.07) is 11.4. The molecule has 4 rings (SSSR count). The van der Waals surface area contributed by atoms with Crippen molar-refractivity contribution >= 4 is 56.2 Å². The number of hydrogen-bond acceptors (Lipinski definition) is 6. The van der Waals surface area contributed by atoms with Gasteiger partial charge in [0.1, 0.15) is 6.10 Å². The predicted molar refractivity (Wildman–Crippen MR) is 127 cm³/mol. The van der Waals surface area contributed by atoms with Crippen molar-refractivity contribution in [2.75, 3.05) is 0 Å². The third-order valence-corrected chi connectivity index (χ3v) is 6.38. The van der Waals surface area contributed by atoms with Crippen molar-refractivity contribution in [1.82, 2.24) is 9.55 Å². The molecule has 0 radical (unpaired) electrons. The van der Waals surface area contributed by atoms with Crippen LogP contribution in [0.1, 0.15) is 17.2 Å². The summed E-state index contributed by atoms with van der Waals surface area (Å²) >= 11 is 20.4. The van der Waals surface area contributed by atoms with Crippen molar-refractivity contribution in [3.8, 4) is 0 Å². The summed E-state index contributed by atoms with van der Waals surface area (Å²) in [5.74, 6) is 0. The Labute approximate surface area is 202 Å². The van der Waals surface area contributed by atoms with E-state index in [-0.39, 0.29) is 11.6 Å². The summed E-state index contributed by atoms with van der Waals surface area (Å²) < 4.78 is 9.35. The molecule has 12 heteroatoms. The molecule has 0 bridgehead atoms. The zero-order valence-electron chi connectivity index (χ0n) is 16.3. The largest absolute Gasteiger partial charge is 0.412 e. The maximum atomic E-state index is 8.25. The normalized spacial score (nSPS) is 11.3. The molecule has 0 aliphatic carbocycles. The Kier molecular flexibility index (Phi) is 9.70. The fourth-order valence-corrected chi connectivity index (χ4v) is 4.77. The van der Waals surface area contributed by atoms with Gasteiger partial charge in [-0.1, -0.05) is 53.0 Å². The second-order valence-corrected chi connectivity index (χ2v) is 8.46. The molecule has 2 aromatic heterocycles. The Morgan fingerprint density at radius 2 is 1.91 bits per heavy atom. The molecule has 0 fully saturated rings. The fraction of sp³-hybridized carbons (Fsp3) is 0.150. The van der Waals surface area contributed by atoms with E-state index in [4.69, 9.17) is 54.9 Å². The number of fused-ring (bicyclic) bond motifs is 1. The number of imidazole rings is 1. The summed E-state index contributed by atoms with van der Waals surface area (Å²) in [5, 5.41) is 19.9. The number of aromatic nitrogens is 2. The van der Waals surface area contributed by atoms with Crippen LogP contribution in [0.5, 0.6) is 0 Å². The lowest BCUT2D eigenvalue weighted by atomic mass is 10.1. The molecule has 0 spiro atoms. The van der Waals surface area contributed by atoms with Crippen LogP contribution in [0.25, 0.3) is 10.1 Å². The smallest absolute Gasteiger partial charge is 0.102 e. The molecule has 0 unspecified atom stereocenters. The fourth-order valence-electron chi connectivity index (χ4n) is 2.97. The van der Waals surface area contributed by atoms with E-state index in [1.165, 1.54) is 0 Å². The summed E-state index contributed by atoms with van der Waals surface area (Å²) in [5.41, 5.74) is 2.01. The second-order valence-electron chi connectivity index (χ2n) is 6.33. The topological polar surface area (TPSA) is 125 Å². The van der Waals surface area contributed by atoms with Crippen LogP contribution in [0.15, 0.2) is 60.5 Å². The highest BCUT2D eigenvalue weighted by Crippen LogP contribution is 2.35. The number of hydrogen-bond donors (Lipinski definition) is 0. The lowest BCUT2D eigenvalue weighted by molar-refractivity contribution is -0.402. The van der Waals surface area contributed by atoms with E-state index < -0.39 is 5.09 Å². The highest BCUT2D eigenvalue weighted by atomic mass is 35.5. The maximum absolute atomic E-state index is 8.25. The Hall–Kier alpha value is -2.40. The SMILES string of the molecule is Clc1ccc([C@H](Cn2ccnc2)OCc2csc3c(Cl)cccc23)c(Cl)c1.O.O=[N+]([O-])[O-]. The molecule has 8 nitrogen and oxygen atoms in total. The average molecular weight is 518 g/mol. The minimum Gasteiger partial charge on any atom is -0.412 e. The van der Waals surface area contributed by atoms with Crippen LogP contribution in [0, 0.1) is 15.3 Å². The summed E-state index contributed by atoms with van der Waals surface area (Å²) in [7, 11) is 0. The van der Waals surface area contributed by atoms with Crippen molar-refractivity contribution < 1.29 is 15.3 Å². The van der Waals surface area contributed by atoms with Crippen molar-refractivity contribution in [3.05, 3.63) is 102 Å². The molecule has 0 saturated carbocycles. The van der Waals surface area contributed by atoms with E-state index in [2.05, 4.69) is 16.4 Å². The first kappa shape index (κ1) is 25.9. The van der Waals surface area contributed by atoms with Gasteiger partial charge in [-0.15, -0.1) is 11.3 Å². The molecule has 0 aliphatic rings. The van der Waals surface area contributed by atoms with Crippen molar-refractivity contribution in [1.29, 1.82) is 0 Å². The molecule has 32 heavy (non-hydrogen) atoms. The average Bonchev–Trinajstić information content (AvgIpc) is 3.35. The Morgan fingerprint density at radius 3 is 2.56 bits per heavy atom. The molecule has 1 atom stereocenters. The van der Waals surface area contributed by atoms with E-state index >= 15 is 0 Å². The van der Waals surface area contributed by atoms with Crippen LogP contribution >= 0.6 is 46.1 Å². The summed E-state index contributed by atoms with van der Waals surface area (Å²) in [6.45, 7) is 1.06. The van der Waals surface area contributed by atoms with Crippen LogP contribution in [-0.4, -0.2) is 20.1 Å². The van der Waals surface area contributed by atoms with E-state index in [1.54, 1.807) is 29.9 Å². The first-order valence-electron chi connectivity index (χ1n) is 8.83. The minimum atomic E-state index is -1.75. The molecule has 4 aromatic rings. The first-order valence-corrected chi connectivity index (χ1v) is 10.8. The molecule has 0 saturated heterocycles. The van der Waals surface area contributed by atoms with Crippen LogP contribution in [-0.2, 0) is 17.9 Å². The van der Waals surface area contributed by atoms with Crippen LogP contribution in [0.2, 0.25) is 15.1 Å². The van der Waals surface area contributed by atoms with Crippen molar-refractivity contribution in [3.63, 3.8) is 0 Å². The number of halogens is 3.